The number of carbonyl (C=O) groups is 1. The van der Waals surface area contributed by atoms with E-state index in [4.69, 9.17) is 0 Å². The molecule has 1 aliphatic heterocycles. The molecule has 1 aliphatic rings. The molecule has 6 heteroatoms. The molecule has 0 spiro atoms. The first-order valence-electron chi connectivity index (χ1n) is 9.02. The van der Waals surface area contributed by atoms with E-state index in [1.54, 1.807) is 6.07 Å². The van der Waals surface area contributed by atoms with Crippen molar-refractivity contribution in [2.24, 2.45) is 0 Å². The van der Waals surface area contributed by atoms with Crippen molar-refractivity contribution >= 4 is 33.2 Å². The number of thioether (sulfide) groups is 1. The van der Waals surface area contributed by atoms with Gasteiger partial charge in [0.1, 0.15) is 0 Å². The lowest BCUT2D eigenvalue weighted by Gasteiger charge is -2.19. The smallest absolute Gasteiger partial charge is 0.256 e. The Hall–Kier alpha value is -1.79. The molecule has 2 aromatic rings. The molecule has 1 saturated heterocycles. The Bertz CT molecular complexity index is 929. The van der Waals surface area contributed by atoms with E-state index >= 15 is 0 Å². The van der Waals surface area contributed by atoms with E-state index in [1.807, 2.05) is 42.5 Å². The number of sulfone groups is 1. The van der Waals surface area contributed by atoms with Crippen LogP contribution in [0, 0.1) is 0 Å². The zero-order chi connectivity index (χ0) is 19.7. The van der Waals surface area contributed by atoms with E-state index in [1.165, 1.54) is 17.3 Å². The van der Waals surface area contributed by atoms with E-state index in [2.05, 4.69) is 26.1 Å². The highest BCUT2D eigenvalue weighted by atomic mass is 32.2. The number of rotatable bonds is 4. The molecule has 4 nitrogen and oxygen atoms in total. The van der Waals surface area contributed by atoms with Crippen molar-refractivity contribution in [1.29, 1.82) is 0 Å². The summed E-state index contributed by atoms with van der Waals surface area (Å²) in [6.07, 6.45) is 0.636. The molecule has 1 fully saturated rings. The van der Waals surface area contributed by atoms with E-state index in [0.717, 1.165) is 10.6 Å². The van der Waals surface area contributed by atoms with Crippen molar-refractivity contribution in [3.8, 4) is 0 Å². The maximum absolute atomic E-state index is 12.8. The zero-order valence-corrected chi connectivity index (χ0v) is 17.5. The molecule has 0 unspecified atom stereocenters. The Morgan fingerprint density at radius 3 is 2.33 bits per heavy atom. The molecule has 2 aromatic carbocycles. The molecule has 0 aromatic heterocycles. The fourth-order valence-electron chi connectivity index (χ4n) is 3.04. The quantitative estimate of drug-likeness (QED) is 0.815. The molecule has 0 aliphatic carbocycles. The molecular weight excluding hydrogens is 378 g/mol. The second-order valence-electron chi connectivity index (χ2n) is 7.92. The maximum Gasteiger partial charge on any atom is 0.256 e. The average molecular weight is 404 g/mol. The zero-order valence-electron chi connectivity index (χ0n) is 15.9. The van der Waals surface area contributed by atoms with Gasteiger partial charge < -0.3 is 5.32 Å². The molecule has 1 amide bonds. The minimum Gasteiger partial charge on any atom is -0.322 e. The number of benzene rings is 2. The van der Waals surface area contributed by atoms with Crippen LogP contribution >= 0.6 is 11.8 Å². The van der Waals surface area contributed by atoms with Crippen LogP contribution in [0.4, 0.5) is 5.69 Å². The number of carbonyl (C=O) groups excluding carboxylic acids is 1. The van der Waals surface area contributed by atoms with E-state index in [9.17, 15) is 13.2 Å². The first kappa shape index (κ1) is 20.0. The summed E-state index contributed by atoms with van der Waals surface area (Å²) in [5.41, 5.74) is 2.59. The Labute approximate surface area is 165 Å². The highest BCUT2D eigenvalue weighted by Crippen LogP contribution is 2.33. The molecular formula is C21H25NO3S2. The van der Waals surface area contributed by atoms with Gasteiger partial charge in [-0.25, -0.2) is 8.42 Å². The maximum atomic E-state index is 12.8. The van der Waals surface area contributed by atoms with E-state index in [0.29, 0.717) is 12.0 Å². The predicted octanol–water partition coefficient (Wildman–Crippen LogP) is 4.52. The minimum atomic E-state index is -2.93. The lowest BCUT2D eigenvalue weighted by molar-refractivity contribution is 0.102. The third-order valence-electron chi connectivity index (χ3n) is 4.62. The van der Waals surface area contributed by atoms with Crippen LogP contribution in [0.1, 0.15) is 43.1 Å². The summed E-state index contributed by atoms with van der Waals surface area (Å²) in [5.74, 6) is 0.239. The lowest BCUT2D eigenvalue weighted by atomic mass is 9.87. The predicted molar refractivity (Wildman–Crippen MR) is 112 cm³/mol. The van der Waals surface area contributed by atoms with E-state index in [-0.39, 0.29) is 28.1 Å². The van der Waals surface area contributed by atoms with Gasteiger partial charge in [-0.3, -0.25) is 4.79 Å². The molecule has 144 valence electrons. The Balaban J connectivity index is 1.73. The van der Waals surface area contributed by atoms with Crippen LogP contribution < -0.4 is 5.32 Å². The standard InChI is InChI=1S/C21H25NO3S2/c1-21(2,3)15-8-10-16(11-9-15)22-20(23)18-6-4-5-7-19(18)26-17-12-13-27(24,25)14-17/h4-11,17H,12-14H2,1-3H3,(H,22,23)/t17-/m1/s1. The fourth-order valence-corrected chi connectivity index (χ4v) is 6.67. The second-order valence-corrected chi connectivity index (χ2v) is 11.5. The SMILES string of the molecule is CC(C)(C)c1ccc(NC(=O)c2ccccc2S[C@@H]2CCS(=O)(=O)C2)cc1. The Morgan fingerprint density at radius 2 is 1.74 bits per heavy atom. The molecule has 27 heavy (non-hydrogen) atoms. The summed E-state index contributed by atoms with van der Waals surface area (Å²) in [4.78, 5) is 13.6. The monoisotopic (exact) mass is 403 g/mol. The average Bonchev–Trinajstić information content (AvgIpc) is 2.93. The molecule has 1 N–H and O–H groups in total. The highest BCUT2D eigenvalue weighted by Gasteiger charge is 2.29. The van der Waals surface area contributed by atoms with Crippen LogP contribution in [0.5, 0.6) is 0 Å². The minimum absolute atomic E-state index is 0.00928. The largest absolute Gasteiger partial charge is 0.322 e. The number of hydrogen-bond acceptors (Lipinski definition) is 4. The van der Waals surface area contributed by atoms with Crippen LogP contribution in [-0.4, -0.2) is 31.1 Å². The summed E-state index contributed by atoms with van der Waals surface area (Å²) in [6.45, 7) is 6.45. The molecule has 1 atom stereocenters. The molecule has 1 heterocycles. The molecule has 0 bridgehead atoms. The summed E-state index contributed by atoms with van der Waals surface area (Å²) in [5, 5.41) is 2.96. The third-order valence-corrected chi connectivity index (χ3v) is 7.95. The first-order valence-corrected chi connectivity index (χ1v) is 11.7. The van der Waals surface area contributed by atoms with Crippen LogP contribution in [0.15, 0.2) is 53.4 Å². The molecule has 3 rings (SSSR count). The Kier molecular flexibility index (Phi) is 5.68. The van der Waals surface area contributed by atoms with Gasteiger partial charge in [-0.15, -0.1) is 11.8 Å². The van der Waals surface area contributed by atoms with Crippen molar-refractivity contribution in [1.82, 2.24) is 0 Å². The fraction of sp³-hybridized carbons (Fsp3) is 0.381. The lowest BCUT2D eigenvalue weighted by Crippen LogP contribution is -2.15. The number of nitrogens with one attached hydrogen (secondary N) is 1. The number of amides is 1. The number of anilines is 1. The molecule has 0 radical (unpaired) electrons. The van der Waals surface area contributed by atoms with Gasteiger partial charge >= 0.3 is 0 Å². The van der Waals surface area contributed by atoms with Crippen LogP contribution in [0.25, 0.3) is 0 Å². The van der Waals surface area contributed by atoms with Crippen LogP contribution in [0.3, 0.4) is 0 Å². The van der Waals surface area contributed by atoms with Gasteiger partial charge in [-0.05, 0) is 41.7 Å². The van der Waals surface area contributed by atoms with Crippen molar-refractivity contribution in [3.63, 3.8) is 0 Å². The van der Waals surface area contributed by atoms with Gasteiger partial charge in [0.2, 0.25) is 0 Å². The van der Waals surface area contributed by atoms with Gasteiger partial charge in [0, 0.05) is 15.8 Å². The normalized spacial score (nSPS) is 19.0. The highest BCUT2D eigenvalue weighted by molar-refractivity contribution is 8.02. The van der Waals surface area contributed by atoms with Crippen LogP contribution in [0.2, 0.25) is 0 Å². The van der Waals surface area contributed by atoms with Gasteiger partial charge in [0.15, 0.2) is 9.84 Å². The Morgan fingerprint density at radius 1 is 1.07 bits per heavy atom. The van der Waals surface area contributed by atoms with Crippen molar-refractivity contribution in [2.75, 3.05) is 16.8 Å². The van der Waals surface area contributed by atoms with Gasteiger partial charge in [-0.1, -0.05) is 45.0 Å². The van der Waals surface area contributed by atoms with E-state index < -0.39 is 9.84 Å². The summed E-state index contributed by atoms with van der Waals surface area (Å²) in [6, 6.07) is 15.3. The number of hydrogen-bond donors (Lipinski definition) is 1. The van der Waals surface area contributed by atoms with Crippen LogP contribution in [-0.2, 0) is 15.3 Å². The third kappa shape index (κ3) is 5.14. The van der Waals surface area contributed by atoms with Crippen molar-refractivity contribution in [3.05, 3.63) is 59.7 Å². The molecule has 0 saturated carbocycles. The van der Waals surface area contributed by atoms with Crippen molar-refractivity contribution in [2.45, 2.75) is 42.8 Å². The summed E-state index contributed by atoms with van der Waals surface area (Å²) >= 11 is 1.48. The van der Waals surface area contributed by atoms with Crippen molar-refractivity contribution < 1.29 is 13.2 Å². The second kappa shape index (κ2) is 7.68. The van der Waals surface area contributed by atoms with Gasteiger partial charge in [0.25, 0.3) is 5.91 Å². The first-order chi connectivity index (χ1) is 12.6. The van der Waals surface area contributed by atoms with Gasteiger partial charge in [0.05, 0.1) is 17.1 Å². The topological polar surface area (TPSA) is 63.2 Å². The summed E-state index contributed by atoms with van der Waals surface area (Å²) in [7, 11) is -2.93. The van der Waals surface area contributed by atoms with Gasteiger partial charge in [-0.2, -0.15) is 0 Å². The summed E-state index contributed by atoms with van der Waals surface area (Å²) < 4.78 is 23.4.